The lowest BCUT2D eigenvalue weighted by atomic mass is 10.0. The van der Waals surface area contributed by atoms with E-state index < -0.39 is 4.92 Å². The van der Waals surface area contributed by atoms with E-state index in [0.29, 0.717) is 16.8 Å². The Bertz CT molecular complexity index is 704. The summed E-state index contributed by atoms with van der Waals surface area (Å²) in [6.45, 7) is 5.75. The Balaban J connectivity index is 2.42. The van der Waals surface area contributed by atoms with E-state index in [2.05, 4.69) is 5.32 Å². The molecule has 0 aromatic heterocycles. The van der Waals surface area contributed by atoms with Crippen LogP contribution in [0.2, 0.25) is 0 Å². The van der Waals surface area contributed by atoms with Gasteiger partial charge in [0.25, 0.3) is 5.69 Å². The van der Waals surface area contributed by atoms with Gasteiger partial charge in [-0.1, -0.05) is 30.3 Å². The number of carbonyl (C=O) groups is 1. The Morgan fingerprint density at radius 2 is 1.68 bits per heavy atom. The number of carbonyl (C=O) groups excluding carboxylic acids is 1. The Morgan fingerprint density at radius 3 is 2.23 bits per heavy atom. The summed E-state index contributed by atoms with van der Waals surface area (Å²) < 4.78 is 0. The van der Waals surface area contributed by atoms with E-state index in [4.69, 9.17) is 0 Å². The maximum atomic E-state index is 12.4. The minimum atomic E-state index is -0.476. The molecule has 0 aliphatic carbocycles. The number of benzene rings is 2. The van der Waals surface area contributed by atoms with Crippen molar-refractivity contribution >= 4 is 17.2 Å². The van der Waals surface area contributed by atoms with Gasteiger partial charge in [0.05, 0.1) is 4.92 Å². The first kappa shape index (κ1) is 15.7. The molecule has 0 aliphatic heterocycles. The number of ketones is 1. The molecular formula is C17H18N2O3. The molecule has 0 heterocycles. The third kappa shape index (κ3) is 3.69. The summed E-state index contributed by atoms with van der Waals surface area (Å²) in [5.74, 6) is -0.231. The smallest absolute Gasteiger partial charge is 0.293 e. The van der Waals surface area contributed by atoms with E-state index in [1.807, 2.05) is 26.8 Å². The first-order chi connectivity index (χ1) is 10.3. The van der Waals surface area contributed by atoms with Crippen molar-refractivity contribution in [3.63, 3.8) is 0 Å². The zero-order valence-electron chi connectivity index (χ0n) is 12.8. The van der Waals surface area contributed by atoms with Crippen molar-refractivity contribution in [1.82, 2.24) is 0 Å². The molecule has 0 radical (unpaired) electrons. The summed E-state index contributed by atoms with van der Waals surface area (Å²) >= 11 is 0. The highest BCUT2D eigenvalue weighted by Crippen LogP contribution is 2.29. The van der Waals surface area contributed by atoms with Gasteiger partial charge in [0.1, 0.15) is 5.69 Å². The van der Waals surface area contributed by atoms with Gasteiger partial charge >= 0.3 is 0 Å². The molecule has 0 saturated heterocycles. The third-order valence-corrected chi connectivity index (χ3v) is 3.00. The van der Waals surface area contributed by atoms with Crippen LogP contribution in [0.1, 0.15) is 36.7 Å². The van der Waals surface area contributed by atoms with E-state index in [9.17, 15) is 14.9 Å². The van der Waals surface area contributed by atoms with Gasteiger partial charge in [0, 0.05) is 22.7 Å². The second-order valence-electron chi connectivity index (χ2n) is 6.06. The second kappa shape index (κ2) is 5.97. The summed E-state index contributed by atoms with van der Waals surface area (Å²) in [6.07, 6.45) is 0. The van der Waals surface area contributed by atoms with Gasteiger partial charge in [-0.25, -0.2) is 0 Å². The van der Waals surface area contributed by atoms with Crippen molar-refractivity contribution in [3.8, 4) is 0 Å². The van der Waals surface area contributed by atoms with Gasteiger partial charge < -0.3 is 5.32 Å². The van der Waals surface area contributed by atoms with E-state index >= 15 is 0 Å². The quantitative estimate of drug-likeness (QED) is 0.525. The molecule has 0 saturated carbocycles. The zero-order chi connectivity index (χ0) is 16.3. The predicted octanol–water partition coefficient (Wildman–Crippen LogP) is 4.04. The van der Waals surface area contributed by atoms with Crippen LogP contribution in [0.3, 0.4) is 0 Å². The maximum Gasteiger partial charge on any atom is 0.293 e. The lowest BCUT2D eigenvalue weighted by Crippen LogP contribution is -2.26. The number of nitrogens with zero attached hydrogens (tertiary/aromatic N) is 1. The van der Waals surface area contributed by atoms with Gasteiger partial charge in [-0.2, -0.15) is 0 Å². The largest absolute Gasteiger partial charge is 0.375 e. The Morgan fingerprint density at radius 1 is 1.05 bits per heavy atom. The van der Waals surface area contributed by atoms with Crippen molar-refractivity contribution in [2.75, 3.05) is 5.32 Å². The van der Waals surface area contributed by atoms with Crippen LogP contribution in [0, 0.1) is 10.1 Å². The minimum Gasteiger partial charge on any atom is -0.375 e. The summed E-state index contributed by atoms with van der Waals surface area (Å²) in [6, 6.07) is 13.2. The van der Waals surface area contributed by atoms with Crippen LogP contribution in [0.15, 0.2) is 48.5 Å². The van der Waals surface area contributed by atoms with E-state index in [-0.39, 0.29) is 17.0 Å². The number of nitro benzene ring substituents is 1. The molecule has 2 rings (SSSR count). The first-order valence-electron chi connectivity index (χ1n) is 6.94. The summed E-state index contributed by atoms with van der Waals surface area (Å²) in [5.41, 5.74) is 0.805. The van der Waals surface area contributed by atoms with Gasteiger partial charge in [0.2, 0.25) is 0 Å². The highest BCUT2D eigenvalue weighted by atomic mass is 16.6. The molecule has 0 aliphatic rings. The van der Waals surface area contributed by atoms with Crippen LogP contribution in [0.4, 0.5) is 11.4 Å². The second-order valence-corrected chi connectivity index (χ2v) is 6.06. The normalized spacial score (nSPS) is 11.0. The number of hydrogen-bond acceptors (Lipinski definition) is 4. The number of nitro groups is 1. The van der Waals surface area contributed by atoms with Crippen molar-refractivity contribution in [2.24, 2.45) is 0 Å². The van der Waals surface area contributed by atoms with Gasteiger partial charge in [-0.05, 0) is 32.9 Å². The van der Waals surface area contributed by atoms with Crippen LogP contribution in [0.5, 0.6) is 0 Å². The number of anilines is 1. The fourth-order valence-electron chi connectivity index (χ4n) is 2.09. The minimum absolute atomic E-state index is 0.100. The molecule has 1 N–H and O–H groups in total. The van der Waals surface area contributed by atoms with Crippen LogP contribution < -0.4 is 5.32 Å². The molecule has 5 nitrogen and oxygen atoms in total. The monoisotopic (exact) mass is 298 g/mol. The predicted molar refractivity (Wildman–Crippen MR) is 86.3 cm³/mol. The standard InChI is InChI=1S/C17H18N2O3/c1-17(2,3)18-14-10-9-13(11-15(14)19(21)22)16(20)12-7-5-4-6-8-12/h4-11,18H,1-3H3. The molecule has 0 atom stereocenters. The number of hydrogen-bond donors (Lipinski definition) is 1. The molecule has 22 heavy (non-hydrogen) atoms. The molecular weight excluding hydrogens is 280 g/mol. The summed E-state index contributed by atoms with van der Waals surface area (Å²) in [7, 11) is 0. The Labute approximate surface area is 129 Å². The van der Waals surface area contributed by atoms with E-state index in [1.54, 1.807) is 36.4 Å². The lowest BCUT2D eigenvalue weighted by Gasteiger charge is -2.22. The van der Waals surface area contributed by atoms with Crippen molar-refractivity contribution in [3.05, 3.63) is 69.8 Å². The molecule has 0 amide bonds. The molecule has 0 spiro atoms. The van der Waals surface area contributed by atoms with Crippen LogP contribution in [-0.4, -0.2) is 16.2 Å². The third-order valence-electron chi connectivity index (χ3n) is 3.00. The SMILES string of the molecule is CC(C)(C)Nc1ccc(C(=O)c2ccccc2)cc1[N+](=O)[O-]. The van der Waals surface area contributed by atoms with Gasteiger partial charge in [-0.3, -0.25) is 14.9 Å². The highest BCUT2D eigenvalue weighted by molar-refractivity contribution is 6.09. The van der Waals surface area contributed by atoms with Crippen LogP contribution >= 0.6 is 0 Å². The average molecular weight is 298 g/mol. The molecule has 2 aromatic rings. The Kier molecular flexibility index (Phi) is 4.26. The van der Waals surface area contributed by atoms with Crippen molar-refractivity contribution < 1.29 is 9.72 Å². The number of nitrogens with one attached hydrogen (secondary N) is 1. The molecule has 2 aromatic carbocycles. The topological polar surface area (TPSA) is 72.2 Å². The number of rotatable bonds is 4. The molecule has 0 fully saturated rings. The van der Waals surface area contributed by atoms with E-state index in [0.717, 1.165) is 0 Å². The molecule has 0 unspecified atom stereocenters. The van der Waals surface area contributed by atoms with Gasteiger partial charge in [-0.15, -0.1) is 0 Å². The molecule has 5 heteroatoms. The van der Waals surface area contributed by atoms with Crippen LogP contribution in [-0.2, 0) is 0 Å². The Hall–Kier alpha value is -2.69. The van der Waals surface area contributed by atoms with Crippen molar-refractivity contribution in [2.45, 2.75) is 26.3 Å². The first-order valence-corrected chi connectivity index (χ1v) is 6.94. The summed E-state index contributed by atoms with van der Waals surface area (Å²) in [5, 5.41) is 14.4. The fourth-order valence-corrected chi connectivity index (χ4v) is 2.09. The highest BCUT2D eigenvalue weighted by Gasteiger charge is 2.21. The lowest BCUT2D eigenvalue weighted by molar-refractivity contribution is -0.384. The maximum absolute atomic E-state index is 12.4. The summed E-state index contributed by atoms with van der Waals surface area (Å²) in [4.78, 5) is 23.2. The van der Waals surface area contributed by atoms with Crippen molar-refractivity contribution in [1.29, 1.82) is 0 Å². The molecule has 114 valence electrons. The van der Waals surface area contributed by atoms with Gasteiger partial charge in [0.15, 0.2) is 5.78 Å². The van der Waals surface area contributed by atoms with E-state index in [1.165, 1.54) is 6.07 Å². The molecule has 0 bridgehead atoms. The van der Waals surface area contributed by atoms with Crippen LogP contribution in [0.25, 0.3) is 0 Å². The fraction of sp³-hybridized carbons (Fsp3) is 0.235. The zero-order valence-corrected chi connectivity index (χ0v) is 12.8. The average Bonchev–Trinajstić information content (AvgIpc) is 2.46.